The Balaban J connectivity index is 1.99. The molecule has 0 aliphatic heterocycles. The van der Waals surface area contributed by atoms with Crippen molar-refractivity contribution in [1.29, 1.82) is 0 Å². The first-order valence-electron chi connectivity index (χ1n) is 7.69. The molecule has 1 aromatic rings. The topological polar surface area (TPSA) is 67.2 Å². The van der Waals surface area contributed by atoms with Crippen LogP contribution in [0.4, 0.5) is 0 Å². The van der Waals surface area contributed by atoms with Crippen molar-refractivity contribution < 1.29 is 8.42 Å². The minimum absolute atomic E-state index is 0.288. The van der Waals surface area contributed by atoms with E-state index in [0.29, 0.717) is 31.6 Å². The van der Waals surface area contributed by atoms with Gasteiger partial charge >= 0.3 is 0 Å². The molecule has 1 aliphatic carbocycles. The Hall–Kier alpha value is -0.920. The van der Waals surface area contributed by atoms with Crippen LogP contribution in [0.2, 0.25) is 0 Å². The fraction of sp³-hybridized carbons (Fsp3) is 0.786. The Kier molecular flexibility index (Phi) is 5.40. The van der Waals surface area contributed by atoms with Crippen LogP contribution in [0.5, 0.6) is 0 Å². The van der Waals surface area contributed by atoms with Crippen LogP contribution in [0.3, 0.4) is 0 Å². The highest BCUT2D eigenvalue weighted by Gasteiger charge is 2.25. The molecule has 7 heteroatoms. The van der Waals surface area contributed by atoms with Crippen LogP contribution in [0, 0.1) is 5.92 Å². The third kappa shape index (κ3) is 4.52. The number of hydrogen-bond donors (Lipinski definition) is 1. The van der Waals surface area contributed by atoms with Gasteiger partial charge in [0, 0.05) is 31.9 Å². The first-order chi connectivity index (χ1) is 9.93. The van der Waals surface area contributed by atoms with Crippen molar-refractivity contribution in [2.24, 2.45) is 5.92 Å². The normalized spacial score (nSPS) is 16.0. The third-order valence-electron chi connectivity index (χ3n) is 3.52. The first-order valence-corrected chi connectivity index (χ1v) is 9.13. The fourth-order valence-corrected chi connectivity index (χ4v) is 3.79. The summed E-state index contributed by atoms with van der Waals surface area (Å²) in [5.74, 6) is 0.303. The average molecular weight is 314 g/mol. The summed E-state index contributed by atoms with van der Waals surface area (Å²) in [5.41, 5.74) is 0. The van der Waals surface area contributed by atoms with Crippen LogP contribution in [0.1, 0.15) is 33.6 Å². The van der Waals surface area contributed by atoms with Crippen LogP contribution in [0.15, 0.2) is 17.3 Å². The number of hydrogen-bond acceptors (Lipinski definition) is 4. The molecule has 0 amide bonds. The van der Waals surface area contributed by atoms with E-state index in [-0.39, 0.29) is 4.90 Å². The molecule has 0 bridgehead atoms. The van der Waals surface area contributed by atoms with Gasteiger partial charge in [-0.3, -0.25) is 4.68 Å². The van der Waals surface area contributed by atoms with Crippen molar-refractivity contribution in [3.05, 3.63) is 12.4 Å². The lowest BCUT2D eigenvalue weighted by atomic mass is 10.2. The van der Waals surface area contributed by atoms with E-state index < -0.39 is 10.0 Å². The van der Waals surface area contributed by atoms with Gasteiger partial charge < -0.3 is 5.32 Å². The van der Waals surface area contributed by atoms with E-state index in [1.54, 1.807) is 10.9 Å². The number of nitrogens with zero attached hydrogens (tertiary/aromatic N) is 3. The van der Waals surface area contributed by atoms with Crippen LogP contribution < -0.4 is 5.32 Å². The molecule has 1 N–H and O–H groups in total. The van der Waals surface area contributed by atoms with Crippen LogP contribution >= 0.6 is 0 Å². The molecular formula is C14H26N4O2S. The lowest BCUT2D eigenvalue weighted by Gasteiger charge is -2.21. The van der Waals surface area contributed by atoms with E-state index in [0.717, 1.165) is 6.54 Å². The lowest BCUT2D eigenvalue weighted by Crippen LogP contribution is -2.33. The molecular weight excluding hydrogens is 288 g/mol. The number of rotatable bonds is 9. The fourth-order valence-electron chi connectivity index (χ4n) is 2.22. The Morgan fingerprint density at radius 2 is 2.19 bits per heavy atom. The second kappa shape index (κ2) is 6.89. The standard InChI is InChI=1S/C14H26N4O2S/c1-4-18(10-12(2)3)21(19,20)14-9-16-17(11-14)8-7-15-13-5-6-13/h9,11-13,15H,4-8,10H2,1-3H3. The summed E-state index contributed by atoms with van der Waals surface area (Å²) in [5, 5.41) is 7.56. The summed E-state index contributed by atoms with van der Waals surface area (Å²) in [6.07, 6.45) is 5.58. The largest absolute Gasteiger partial charge is 0.312 e. The van der Waals surface area contributed by atoms with Crippen molar-refractivity contribution in [3.8, 4) is 0 Å². The molecule has 1 fully saturated rings. The maximum absolute atomic E-state index is 12.6. The van der Waals surface area contributed by atoms with Crippen LogP contribution in [0.25, 0.3) is 0 Å². The Morgan fingerprint density at radius 3 is 2.76 bits per heavy atom. The van der Waals surface area contributed by atoms with Crippen molar-refractivity contribution >= 4 is 10.0 Å². The van der Waals surface area contributed by atoms with Gasteiger partial charge in [-0.2, -0.15) is 9.40 Å². The van der Waals surface area contributed by atoms with Crippen LogP contribution in [-0.4, -0.2) is 48.2 Å². The number of sulfonamides is 1. The molecule has 1 aliphatic rings. The van der Waals surface area contributed by atoms with E-state index in [4.69, 9.17) is 0 Å². The van der Waals surface area contributed by atoms with Crippen molar-refractivity contribution in [2.45, 2.75) is 51.1 Å². The molecule has 0 aromatic carbocycles. The maximum atomic E-state index is 12.6. The highest BCUT2D eigenvalue weighted by atomic mass is 32.2. The van der Waals surface area contributed by atoms with Gasteiger partial charge in [0.15, 0.2) is 0 Å². The van der Waals surface area contributed by atoms with E-state index in [2.05, 4.69) is 10.4 Å². The highest BCUT2D eigenvalue weighted by molar-refractivity contribution is 7.89. The highest BCUT2D eigenvalue weighted by Crippen LogP contribution is 2.18. The lowest BCUT2D eigenvalue weighted by molar-refractivity contribution is 0.381. The Labute approximate surface area is 127 Å². The molecule has 0 radical (unpaired) electrons. The van der Waals surface area contributed by atoms with E-state index in [9.17, 15) is 8.42 Å². The summed E-state index contributed by atoms with van der Waals surface area (Å²) in [7, 11) is -3.42. The molecule has 0 unspecified atom stereocenters. The minimum Gasteiger partial charge on any atom is -0.312 e. The predicted octanol–water partition coefficient (Wildman–Crippen LogP) is 1.30. The van der Waals surface area contributed by atoms with E-state index in [1.807, 2.05) is 20.8 Å². The van der Waals surface area contributed by atoms with E-state index >= 15 is 0 Å². The second-order valence-corrected chi connectivity index (χ2v) is 7.95. The molecule has 0 saturated heterocycles. The zero-order valence-electron chi connectivity index (χ0n) is 13.1. The zero-order valence-corrected chi connectivity index (χ0v) is 13.9. The first kappa shape index (κ1) is 16.5. The molecule has 6 nitrogen and oxygen atoms in total. The summed E-state index contributed by atoms with van der Waals surface area (Å²) in [6, 6.07) is 0.658. The van der Waals surface area contributed by atoms with Gasteiger partial charge in [-0.1, -0.05) is 20.8 Å². The van der Waals surface area contributed by atoms with Gasteiger partial charge in [-0.15, -0.1) is 0 Å². The summed E-state index contributed by atoms with van der Waals surface area (Å²) >= 11 is 0. The van der Waals surface area contributed by atoms with Gasteiger partial charge in [0.05, 0.1) is 12.7 Å². The average Bonchev–Trinajstić information content (AvgIpc) is 3.11. The quantitative estimate of drug-likeness (QED) is 0.746. The Morgan fingerprint density at radius 1 is 1.48 bits per heavy atom. The zero-order chi connectivity index (χ0) is 15.5. The summed E-state index contributed by atoms with van der Waals surface area (Å²) in [4.78, 5) is 0.288. The molecule has 0 atom stereocenters. The molecule has 120 valence electrons. The predicted molar refractivity (Wildman–Crippen MR) is 82.5 cm³/mol. The second-order valence-electron chi connectivity index (χ2n) is 6.02. The molecule has 21 heavy (non-hydrogen) atoms. The van der Waals surface area contributed by atoms with Crippen molar-refractivity contribution in [2.75, 3.05) is 19.6 Å². The smallest absolute Gasteiger partial charge is 0.246 e. The minimum atomic E-state index is -3.42. The molecule has 1 heterocycles. The van der Waals surface area contributed by atoms with Crippen molar-refractivity contribution in [1.82, 2.24) is 19.4 Å². The van der Waals surface area contributed by atoms with Crippen LogP contribution in [-0.2, 0) is 16.6 Å². The molecule has 2 rings (SSSR count). The Bertz CT molecular complexity index is 549. The number of nitrogens with one attached hydrogen (secondary N) is 1. The number of aromatic nitrogens is 2. The van der Waals surface area contributed by atoms with Crippen molar-refractivity contribution in [3.63, 3.8) is 0 Å². The van der Waals surface area contributed by atoms with E-state index in [1.165, 1.54) is 23.3 Å². The van der Waals surface area contributed by atoms with Gasteiger partial charge in [0.1, 0.15) is 4.90 Å². The SMILES string of the molecule is CCN(CC(C)C)S(=O)(=O)c1cnn(CCNC2CC2)c1. The molecule has 1 saturated carbocycles. The van der Waals surface area contributed by atoms with Gasteiger partial charge in [0.25, 0.3) is 0 Å². The summed E-state index contributed by atoms with van der Waals surface area (Å²) in [6.45, 7) is 8.44. The maximum Gasteiger partial charge on any atom is 0.246 e. The summed E-state index contributed by atoms with van der Waals surface area (Å²) < 4.78 is 28.3. The third-order valence-corrected chi connectivity index (χ3v) is 5.41. The monoisotopic (exact) mass is 314 g/mol. The van der Waals surface area contributed by atoms with Gasteiger partial charge in [-0.05, 0) is 18.8 Å². The molecule has 0 spiro atoms. The van der Waals surface area contributed by atoms with Gasteiger partial charge in [-0.25, -0.2) is 8.42 Å². The van der Waals surface area contributed by atoms with Gasteiger partial charge in [0.2, 0.25) is 10.0 Å². The molecule has 1 aromatic heterocycles.